The summed E-state index contributed by atoms with van der Waals surface area (Å²) in [4.78, 5) is 2.32. The number of nitrogens with zero attached hydrogens (tertiary/aromatic N) is 2. The van der Waals surface area contributed by atoms with Crippen LogP contribution >= 0.6 is 0 Å². The Morgan fingerprint density at radius 1 is 1.47 bits per heavy atom. The lowest BCUT2D eigenvalue weighted by Crippen LogP contribution is -2.40. The van der Waals surface area contributed by atoms with Gasteiger partial charge in [0.25, 0.3) is 0 Å². The number of anilines is 1. The number of hydrogen-bond donors (Lipinski definition) is 1. The topological polar surface area (TPSA) is 48.3 Å². The van der Waals surface area contributed by atoms with E-state index in [1.807, 2.05) is 18.2 Å². The molecule has 1 aliphatic heterocycles. The molecule has 0 radical (unpaired) electrons. The molecule has 0 aromatic heterocycles. The quantitative estimate of drug-likeness (QED) is 0.903. The summed E-state index contributed by atoms with van der Waals surface area (Å²) >= 11 is 0. The Kier molecular flexibility index (Phi) is 4.64. The van der Waals surface area contributed by atoms with Crippen LogP contribution in [0.25, 0.3) is 0 Å². The van der Waals surface area contributed by atoms with Crippen molar-refractivity contribution >= 4 is 5.69 Å². The van der Waals surface area contributed by atoms with Gasteiger partial charge in [0, 0.05) is 25.2 Å². The van der Waals surface area contributed by atoms with Gasteiger partial charge in [0.2, 0.25) is 0 Å². The van der Waals surface area contributed by atoms with Crippen molar-refractivity contribution in [3.8, 4) is 11.8 Å². The number of rotatable bonds is 3. The highest BCUT2D eigenvalue weighted by Crippen LogP contribution is 2.29. The first-order valence-electron chi connectivity index (χ1n) is 6.75. The van der Waals surface area contributed by atoms with Gasteiger partial charge < -0.3 is 15.0 Å². The first kappa shape index (κ1) is 13.7. The Hall–Kier alpha value is -1.73. The van der Waals surface area contributed by atoms with Gasteiger partial charge >= 0.3 is 0 Å². The molecule has 4 heteroatoms. The molecule has 1 fully saturated rings. The van der Waals surface area contributed by atoms with Gasteiger partial charge in [-0.3, -0.25) is 0 Å². The van der Waals surface area contributed by atoms with Crippen LogP contribution in [0.4, 0.5) is 5.69 Å². The molecular formula is C15H21N3O. The van der Waals surface area contributed by atoms with Gasteiger partial charge in [-0.1, -0.05) is 12.1 Å². The van der Waals surface area contributed by atoms with Gasteiger partial charge in [0.15, 0.2) is 0 Å². The zero-order valence-corrected chi connectivity index (χ0v) is 11.6. The molecule has 2 atom stereocenters. The molecule has 1 saturated heterocycles. The fourth-order valence-electron chi connectivity index (χ4n) is 2.59. The lowest BCUT2D eigenvalue weighted by molar-refractivity contribution is 0.414. The second kappa shape index (κ2) is 6.44. The number of hydrogen-bond acceptors (Lipinski definition) is 4. The summed E-state index contributed by atoms with van der Waals surface area (Å²) in [5.74, 6) is 0.896. The van der Waals surface area contributed by atoms with Gasteiger partial charge in [-0.2, -0.15) is 5.26 Å². The van der Waals surface area contributed by atoms with Crippen molar-refractivity contribution in [2.45, 2.75) is 31.8 Å². The van der Waals surface area contributed by atoms with Gasteiger partial charge in [0.1, 0.15) is 5.75 Å². The first-order valence-corrected chi connectivity index (χ1v) is 6.75. The van der Waals surface area contributed by atoms with E-state index in [2.05, 4.69) is 29.3 Å². The van der Waals surface area contributed by atoms with Crippen molar-refractivity contribution in [3.63, 3.8) is 0 Å². The third-order valence-electron chi connectivity index (χ3n) is 3.56. The van der Waals surface area contributed by atoms with E-state index >= 15 is 0 Å². The fourth-order valence-corrected chi connectivity index (χ4v) is 2.59. The SMILES string of the molecule is COc1ccccc1N1CCC(C)NC(CC#N)C1. The average Bonchev–Trinajstić information content (AvgIpc) is 2.61. The van der Waals surface area contributed by atoms with E-state index in [0.717, 1.165) is 30.9 Å². The van der Waals surface area contributed by atoms with Gasteiger partial charge in [-0.15, -0.1) is 0 Å². The highest BCUT2D eigenvalue weighted by atomic mass is 16.5. The minimum absolute atomic E-state index is 0.215. The van der Waals surface area contributed by atoms with Crippen LogP contribution in [-0.2, 0) is 0 Å². The van der Waals surface area contributed by atoms with Gasteiger partial charge in [-0.05, 0) is 25.5 Å². The molecule has 1 aromatic rings. The molecule has 1 heterocycles. The minimum atomic E-state index is 0.215. The van der Waals surface area contributed by atoms with Crippen molar-refractivity contribution in [2.24, 2.45) is 0 Å². The Balaban J connectivity index is 2.20. The van der Waals surface area contributed by atoms with Crippen molar-refractivity contribution in [1.82, 2.24) is 5.32 Å². The van der Waals surface area contributed by atoms with Crippen LogP contribution in [0.1, 0.15) is 19.8 Å². The molecule has 0 bridgehead atoms. The Labute approximate surface area is 115 Å². The molecule has 1 N–H and O–H groups in total. The van der Waals surface area contributed by atoms with E-state index < -0.39 is 0 Å². The average molecular weight is 259 g/mol. The van der Waals surface area contributed by atoms with Crippen LogP contribution in [0, 0.1) is 11.3 Å². The van der Waals surface area contributed by atoms with E-state index in [-0.39, 0.29) is 6.04 Å². The standard InChI is InChI=1S/C15H21N3O/c1-12-8-10-18(11-13(17-12)7-9-16)14-5-3-4-6-15(14)19-2/h3-6,12-13,17H,7-8,10-11H2,1-2H3. The molecule has 0 amide bonds. The summed E-state index contributed by atoms with van der Waals surface area (Å²) in [5.41, 5.74) is 1.11. The zero-order valence-electron chi connectivity index (χ0n) is 11.6. The molecule has 1 aromatic carbocycles. The number of para-hydroxylation sites is 2. The van der Waals surface area contributed by atoms with Crippen LogP contribution in [-0.4, -0.2) is 32.3 Å². The lowest BCUT2D eigenvalue weighted by atomic mass is 10.2. The minimum Gasteiger partial charge on any atom is -0.495 e. The molecule has 0 saturated carbocycles. The maximum Gasteiger partial charge on any atom is 0.142 e. The number of nitrogens with one attached hydrogen (secondary N) is 1. The van der Waals surface area contributed by atoms with Crippen LogP contribution in [0.15, 0.2) is 24.3 Å². The Morgan fingerprint density at radius 2 is 2.26 bits per heavy atom. The summed E-state index contributed by atoms with van der Waals surface area (Å²) in [6.07, 6.45) is 1.61. The monoisotopic (exact) mass is 259 g/mol. The lowest BCUT2D eigenvalue weighted by Gasteiger charge is -2.27. The van der Waals surface area contributed by atoms with E-state index in [1.165, 1.54) is 0 Å². The van der Waals surface area contributed by atoms with Crippen molar-refractivity contribution in [2.75, 3.05) is 25.1 Å². The zero-order chi connectivity index (χ0) is 13.7. The van der Waals surface area contributed by atoms with Crippen LogP contribution in [0.5, 0.6) is 5.75 Å². The van der Waals surface area contributed by atoms with Crippen LogP contribution in [0.2, 0.25) is 0 Å². The number of ether oxygens (including phenoxy) is 1. The molecule has 102 valence electrons. The summed E-state index contributed by atoms with van der Waals surface area (Å²) in [6, 6.07) is 11.0. The summed E-state index contributed by atoms with van der Waals surface area (Å²) in [5, 5.41) is 12.4. The van der Waals surface area contributed by atoms with E-state index in [1.54, 1.807) is 7.11 Å². The third-order valence-corrected chi connectivity index (χ3v) is 3.56. The molecule has 0 aliphatic carbocycles. The highest BCUT2D eigenvalue weighted by molar-refractivity contribution is 5.58. The van der Waals surface area contributed by atoms with Crippen molar-refractivity contribution in [3.05, 3.63) is 24.3 Å². The van der Waals surface area contributed by atoms with Crippen molar-refractivity contribution in [1.29, 1.82) is 5.26 Å². The summed E-state index contributed by atoms with van der Waals surface area (Å²) in [6.45, 7) is 4.00. The first-order chi connectivity index (χ1) is 9.24. The molecule has 4 nitrogen and oxygen atoms in total. The maximum atomic E-state index is 8.92. The largest absolute Gasteiger partial charge is 0.495 e. The second-order valence-corrected chi connectivity index (χ2v) is 5.03. The molecule has 19 heavy (non-hydrogen) atoms. The highest BCUT2D eigenvalue weighted by Gasteiger charge is 2.22. The molecule has 1 aliphatic rings. The normalized spacial score (nSPS) is 23.5. The van der Waals surface area contributed by atoms with Crippen LogP contribution in [0.3, 0.4) is 0 Å². The number of benzene rings is 1. The predicted octanol–water partition coefficient (Wildman–Crippen LogP) is 2.17. The Bertz CT molecular complexity index is 455. The smallest absolute Gasteiger partial charge is 0.142 e. The third kappa shape index (κ3) is 3.39. The maximum absolute atomic E-state index is 8.92. The second-order valence-electron chi connectivity index (χ2n) is 5.03. The van der Waals surface area contributed by atoms with E-state index in [9.17, 15) is 0 Å². The molecule has 2 unspecified atom stereocenters. The van der Waals surface area contributed by atoms with Crippen molar-refractivity contribution < 1.29 is 4.74 Å². The molecule has 0 spiro atoms. The van der Waals surface area contributed by atoms with Gasteiger partial charge in [0.05, 0.1) is 25.3 Å². The van der Waals surface area contributed by atoms with Gasteiger partial charge in [-0.25, -0.2) is 0 Å². The van der Waals surface area contributed by atoms with Crippen LogP contribution < -0.4 is 15.0 Å². The fraction of sp³-hybridized carbons (Fsp3) is 0.533. The summed E-state index contributed by atoms with van der Waals surface area (Å²) < 4.78 is 5.43. The molecular weight excluding hydrogens is 238 g/mol. The Morgan fingerprint density at radius 3 is 3.00 bits per heavy atom. The van der Waals surface area contributed by atoms with E-state index in [4.69, 9.17) is 10.00 Å². The number of methoxy groups -OCH3 is 1. The summed E-state index contributed by atoms with van der Waals surface area (Å²) in [7, 11) is 1.70. The molecule has 2 rings (SSSR count). The van der Waals surface area contributed by atoms with E-state index in [0.29, 0.717) is 12.5 Å². The number of nitriles is 1. The predicted molar refractivity (Wildman–Crippen MR) is 76.4 cm³/mol.